The molecule has 0 aromatic rings. The van der Waals surface area contributed by atoms with Crippen molar-refractivity contribution >= 4 is 5.91 Å². The molecule has 3 N–H and O–H groups in total. The summed E-state index contributed by atoms with van der Waals surface area (Å²) >= 11 is 0. The van der Waals surface area contributed by atoms with Crippen LogP contribution in [0.15, 0.2) is 0 Å². The first-order valence-electron chi connectivity index (χ1n) is 6.18. The molecule has 4 nitrogen and oxygen atoms in total. The highest BCUT2D eigenvalue weighted by Crippen LogP contribution is 2.41. The zero-order valence-corrected chi connectivity index (χ0v) is 10.4. The van der Waals surface area contributed by atoms with Crippen molar-refractivity contribution < 1.29 is 9.53 Å². The molecular weight excluding hydrogens is 204 g/mol. The molecule has 0 radical (unpaired) electrons. The van der Waals surface area contributed by atoms with Crippen LogP contribution in [0.25, 0.3) is 0 Å². The maximum Gasteiger partial charge on any atom is 0.226 e. The molecule has 0 aliphatic heterocycles. The van der Waals surface area contributed by atoms with Gasteiger partial charge in [0, 0.05) is 19.1 Å². The van der Waals surface area contributed by atoms with Crippen LogP contribution < -0.4 is 11.1 Å². The molecule has 1 fully saturated rings. The Kier molecular flexibility index (Phi) is 5.22. The average molecular weight is 228 g/mol. The van der Waals surface area contributed by atoms with Crippen LogP contribution in [0, 0.1) is 5.41 Å². The normalized spacial score (nSPS) is 20.7. The van der Waals surface area contributed by atoms with Gasteiger partial charge in [-0.1, -0.05) is 19.8 Å². The van der Waals surface area contributed by atoms with Gasteiger partial charge in [0.1, 0.15) is 0 Å². The molecule has 4 heteroatoms. The third-order valence-corrected chi connectivity index (χ3v) is 3.71. The summed E-state index contributed by atoms with van der Waals surface area (Å²) in [6.45, 7) is 3.01. The Morgan fingerprint density at radius 3 is 2.56 bits per heavy atom. The Labute approximate surface area is 97.9 Å². The Bertz CT molecular complexity index is 225. The van der Waals surface area contributed by atoms with E-state index in [0.717, 1.165) is 19.3 Å². The average Bonchev–Trinajstić information content (AvgIpc) is 2.78. The molecule has 1 unspecified atom stereocenters. The lowest BCUT2D eigenvalue weighted by Crippen LogP contribution is -2.49. The van der Waals surface area contributed by atoms with Crippen molar-refractivity contribution in [3.05, 3.63) is 0 Å². The smallest absolute Gasteiger partial charge is 0.226 e. The molecule has 94 valence electrons. The number of nitrogens with one attached hydrogen (secondary N) is 1. The van der Waals surface area contributed by atoms with Gasteiger partial charge in [-0.25, -0.2) is 0 Å². The predicted octanol–water partition coefficient (Wildman–Crippen LogP) is 1.05. The number of nitrogens with two attached hydrogens (primary N) is 1. The molecule has 0 bridgehead atoms. The Hall–Kier alpha value is -0.610. The van der Waals surface area contributed by atoms with E-state index in [-0.39, 0.29) is 17.4 Å². The summed E-state index contributed by atoms with van der Waals surface area (Å²) in [6.07, 6.45) is 5.28. The van der Waals surface area contributed by atoms with E-state index in [4.69, 9.17) is 10.5 Å². The monoisotopic (exact) mass is 228 g/mol. The van der Waals surface area contributed by atoms with Crippen LogP contribution in [-0.4, -0.2) is 32.2 Å². The van der Waals surface area contributed by atoms with Gasteiger partial charge in [0.05, 0.1) is 12.6 Å². The number of rotatable bonds is 6. The van der Waals surface area contributed by atoms with Crippen LogP contribution in [0.4, 0.5) is 0 Å². The second-order valence-electron chi connectivity index (χ2n) is 4.70. The highest BCUT2D eigenvalue weighted by molar-refractivity contribution is 5.83. The molecule has 1 aliphatic carbocycles. The van der Waals surface area contributed by atoms with Crippen molar-refractivity contribution in [3.8, 4) is 0 Å². The number of methoxy groups -OCH3 is 1. The molecule has 0 aromatic heterocycles. The fourth-order valence-electron chi connectivity index (χ4n) is 2.50. The van der Waals surface area contributed by atoms with Crippen LogP contribution in [0.3, 0.4) is 0 Å². The number of carbonyl (C=O) groups is 1. The van der Waals surface area contributed by atoms with E-state index >= 15 is 0 Å². The Morgan fingerprint density at radius 1 is 1.50 bits per heavy atom. The van der Waals surface area contributed by atoms with E-state index in [0.29, 0.717) is 13.2 Å². The second kappa shape index (κ2) is 6.21. The number of ether oxygens (including phenoxy) is 1. The molecular formula is C12H24N2O2. The number of hydrogen-bond acceptors (Lipinski definition) is 3. The summed E-state index contributed by atoms with van der Waals surface area (Å²) < 4.78 is 5.03. The zero-order valence-electron chi connectivity index (χ0n) is 10.4. The van der Waals surface area contributed by atoms with Crippen molar-refractivity contribution in [2.45, 2.75) is 45.1 Å². The molecule has 1 amide bonds. The minimum absolute atomic E-state index is 0.0541. The van der Waals surface area contributed by atoms with Gasteiger partial charge in [-0.3, -0.25) is 4.79 Å². The largest absolute Gasteiger partial charge is 0.383 e. The van der Waals surface area contributed by atoms with Gasteiger partial charge < -0.3 is 15.8 Å². The number of hydrogen-bond donors (Lipinski definition) is 2. The molecule has 1 atom stereocenters. The van der Waals surface area contributed by atoms with Crippen molar-refractivity contribution in [2.24, 2.45) is 11.1 Å². The molecule has 0 aromatic carbocycles. The Balaban J connectivity index is 2.54. The topological polar surface area (TPSA) is 64.4 Å². The van der Waals surface area contributed by atoms with Crippen LogP contribution in [0.5, 0.6) is 0 Å². The van der Waals surface area contributed by atoms with Gasteiger partial charge in [0.15, 0.2) is 0 Å². The van der Waals surface area contributed by atoms with E-state index in [9.17, 15) is 4.79 Å². The quantitative estimate of drug-likeness (QED) is 0.714. The first-order chi connectivity index (χ1) is 7.68. The van der Waals surface area contributed by atoms with Crippen LogP contribution >= 0.6 is 0 Å². The lowest BCUT2D eigenvalue weighted by atomic mass is 9.82. The van der Waals surface area contributed by atoms with Gasteiger partial charge in [-0.2, -0.15) is 0 Å². The predicted molar refractivity (Wildman–Crippen MR) is 64.1 cm³/mol. The van der Waals surface area contributed by atoms with Crippen molar-refractivity contribution in [1.29, 1.82) is 0 Å². The summed E-state index contributed by atoms with van der Waals surface area (Å²) in [7, 11) is 1.62. The van der Waals surface area contributed by atoms with Crippen LogP contribution in [0.1, 0.15) is 39.0 Å². The zero-order chi connectivity index (χ0) is 12.0. The lowest BCUT2D eigenvalue weighted by molar-refractivity contribution is -0.132. The van der Waals surface area contributed by atoms with Crippen molar-refractivity contribution in [1.82, 2.24) is 5.32 Å². The molecule has 0 heterocycles. The fraction of sp³-hybridized carbons (Fsp3) is 0.917. The van der Waals surface area contributed by atoms with Gasteiger partial charge in [-0.15, -0.1) is 0 Å². The van der Waals surface area contributed by atoms with E-state index in [1.165, 1.54) is 12.8 Å². The summed E-state index contributed by atoms with van der Waals surface area (Å²) in [4.78, 5) is 12.2. The molecule has 0 spiro atoms. The molecule has 1 aliphatic rings. The maximum absolute atomic E-state index is 12.2. The number of amides is 1. The summed E-state index contributed by atoms with van der Waals surface area (Å²) in [5.74, 6) is 0.167. The first-order valence-corrected chi connectivity index (χ1v) is 6.18. The van der Waals surface area contributed by atoms with E-state index < -0.39 is 0 Å². The van der Waals surface area contributed by atoms with Gasteiger partial charge in [-0.05, 0) is 19.3 Å². The van der Waals surface area contributed by atoms with Crippen molar-refractivity contribution in [3.63, 3.8) is 0 Å². The third kappa shape index (κ3) is 2.95. The summed E-state index contributed by atoms with van der Waals surface area (Å²) in [6, 6.07) is -0.0541. The summed E-state index contributed by atoms with van der Waals surface area (Å²) in [5, 5.41) is 3.01. The molecule has 16 heavy (non-hydrogen) atoms. The van der Waals surface area contributed by atoms with Gasteiger partial charge in [0.2, 0.25) is 5.91 Å². The minimum Gasteiger partial charge on any atom is -0.383 e. The fourth-order valence-corrected chi connectivity index (χ4v) is 2.50. The highest BCUT2D eigenvalue weighted by atomic mass is 16.5. The van der Waals surface area contributed by atoms with Crippen LogP contribution in [-0.2, 0) is 9.53 Å². The number of carbonyl (C=O) groups excluding carboxylic acids is 1. The molecule has 0 saturated heterocycles. The lowest BCUT2D eigenvalue weighted by Gasteiger charge is -2.28. The minimum atomic E-state index is -0.138. The standard InChI is InChI=1S/C12H24N2O2/c1-3-12(6-4-5-7-12)11(15)14-10(8-13)9-16-2/h10H,3-9,13H2,1-2H3,(H,14,15). The van der Waals surface area contributed by atoms with Crippen molar-refractivity contribution in [2.75, 3.05) is 20.3 Å². The van der Waals surface area contributed by atoms with Gasteiger partial charge >= 0.3 is 0 Å². The molecule has 1 rings (SSSR count). The third-order valence-electron chi connectivity index (χ3n) is 3.71. The Morgan fingerprint density at radius 2 is 2.12 bits per heavy atom. The first kappa shape index (κ1) is 13.5. The van der Waals surface area contributed by atoms with E-state index in [1.807, 2.05) is 0 Å². The molecule has 1 saturated carbocycles. The second-order valence-corrected chi connectivity index (χ2v) is 4.70. The van der Waals surface area contributed by atoms with E-state index in [1.54, 1.807) is 7.11 Å². The SMILES string of the molecule is CCC1(C(=O)NC(CN)COC)CCCC1. The maximum atomic E-state index is 12.2. The van der Waals surface area contributed by atoms with Gasteiger partial charge in [0.25, 0.3) is 0 Å². The highest BCUT2D eigenvalue weighted by Gasteiger charge is 2.39. The van der Waals surface area contributed by atoms with E-state index in [2.05, 4.69) is 12.2 Å². The van der Waals surface area contributed by atoms with Crippen LogP contribution in [0.2, 0.25) is 0 Å². The summed E-state index contributed by atoms with van der Waals surface area (Å²) in [5.41, 5.74) is 5.46.